The molecule has 0 saturated carbocycles. The van der Waals surface area contributed by atoms with Gasteiger partial charge in [-0.3, -0.25) is 4.40 Å². The molecule has 2 aliphatic rings. The summed E-state index contributed by atoms with van der Waals surface area (Å²) in [6.45, 7) is 1.75. The van der Waals surface area contributed by atoms with Crippen molar-refractivity contribution >= 4 is 51.6 Å². The van der Waals surface area contributed by atoms with E-state index in [9.17, 15) is 0 Å². The van der Waals surface area contributed by atoms with Gasteiger partial charge in [-0.2, -0.15) is 11.3 Å². The van der Waals surface area contributed by atoms with Crippen LogP contribution in [-0.2, 0) is 6.42 Å². The van der Waals surface area contributed by atoms with Gasteiger partial charge < -0.3 is 10.3 Å². The van der Waals surface area contributed by atoms with Gasteiger partial charge in [-0.25, -0.2) is 9.97 Å². The monoisotopic (exact) mass is 467 g/mol. The predicted octanol–water partition coefficient (Wildman–Crippen LogP) is 5.98. The second-order valence-corrected chi connectivity index (χ2v) is 9.85. The van der Waals surface area contributed by atoms with Crippen molar-refractivity contribution in [2.45, 2.75) is 19.3 Å². The van der Waals surface area contributed by atoms with Gasteiger partial charge in [0.15, 0.2) is 5.82 Å². The molecule has 1 fully saturated rings. The fraction of sp³-hybridized carbons (Fsp3) is 0.261. The minimum atomic E-state index is -0.0140. The maximum Gasteiger partial charge on any atom is 0.154 e. The Morgan fingerprint density at radius 2 is 1.90 bits per heavy atom. The zero-order valence-electron chi connectivity index (χ0n) is 16.6. The molecular formula is C23H19Cl2N5S. The molecular weight excluding hydrogens is 449 g/mol. The fourth-order valence-corrected chi connectivity index (χ4v) is 6.26. The van der Waals surface area contributed by atoms with Crippen LogP contribution in [0.25, 0.3) is 16.9 Å². The average molecular weight is 468 g/mol. The van der Waals surface area contributed by atoms with Crippen molar-refractivity contribution < 1.29 is 0 Å². The minimum absolute atomic E-state index is 0.0140. The van der Waals surface area contributed by atoms with Gasteiger partial charge in [-0.15, -0.1) is 0 Å². The summed E-state index contributed by atoms with van der Waals surface area (Å²) in [5.74, 6) is 1.68. The van der Waals surface area contributed by atoms with E-state index in [2.05, 4.69) is 20.6 Å². The number of benzene rings is 1. The van der Waals surface area contributed by atoms with Crippen molar-refractivity contribution in [3.05, 3.63) is 68.7 Å². The summed E-state index contributed by atoms with van der Waals surface area (Å²) in [5, 5.41) is 14.1. The highest BCUT2D eigenvalue weighted by Crippen LogP contribution is 2.46. The van der Waals surface area contributed by atoms with E-state index in [1.54, 1.807) is 17.4 Å². The number of halogens is 2. The molecule has 0 bridgehead atoms. The largest absolute Gasteiger partial charge is 0.355 e. The normalized spacial score (nSPS) is 17.6. The van der Waals surface area contributed by atoms with Gasteiger partial charge in [0.2, 0.25) is 0 Å². The third kappa shape index (κ3) is 2.85. The summed E-state index contributed by atoms with van der Waals surface area (Å²) in [5.41, 5.74) is 5.08. The van der Waals surface area contributed by atoms with Crippen molar-refractivity contribution in [2.24, 2.45) is 5.41 Å². The minimum Gasteiger partial charge on any atom is -0.355 e. The van der Waals surface area contributed by atoms with Gasteiger partial charge in [-0.05, 0) is 42.3 Å². The van der Waals surface area contributed by atoms with Crippen LogP contribution in [0.15, 0.2) is 47.5 Å². The predicted molar refractivity (Wildman–Crippen MR) is 127 cm³/mol. The van der Waals surface area contributed by atoms with E-state index in [4.69, 9.17) is 33.6 Å². The first-order valence-electron chi connectivity index (χ1n) is 10.2. The molecule has 1 aromatic carbocycles. The molecule has 6 rings (SSSR count). The number of piperidine rings is 1. The van der Waals surface area contributed by atoms with Crippen molar-refractivity contribution in [1.29, 1.82) is 5.41 Å². The van der Waals surface area contributed by atoms with Crippen LogP contribution in [0, 0.1) is 10.8 Å². The van der Waals surface area contributed by atoms with E-state index in [0.29, 0.717) is 10.0 Å². The summed E-state index contributed by atoms with van der Waals surface area (Å²) >= 11 is 14.4. The summed E-state index contributed by atoms with van der Waals surface area (Å²) in [6.07, 6.45) is 8.51. The first kappa shape index (κ1) is 19.3. The lowest BCUT2D eigenvalue weighted by atomic mass is 9.74. The Kier molecular flexibility index (Phi) is 4.39. The average Bonchev–Trinajstić information content (AvgIpc) is 3.47. The first-order valence-corrected chi connectivity index (χ1v) is 11.9. The van der Waals surface area contributed by atoms with Gasteiger partial charge in [0.1, 0.15) is 11.3 Å². The summed E-state index contributed by atoms with van der Waals surface area (Å²) < 4.78 is 2.03. The molecule has 0 amide bonds. The lowest BCUT2D eigenvalue weighted by molar-refractivity contribution is 0.329. The second kappa shape index (κ2) is 7.05. The number of thiophene rings is 1. The highest BCUT2D eigenvalue weighted by Gasteiger charge is 2.45. The summed E-state index contributed by atoms with van der Waals surface area (Å²) in [4.78, 5) is 11.7. The highest BCUT2D eigenvalue weighted by atomic mass is 35.5. The van der Waals surface area contributed by atoms with E-state index < -0.39 is 0 Å². The number of nitrogens with one attached hydrogen (secondary N) is 1. The van der Waals surface area contributed by atoms with Gasteiger partial charge in [0.05, 0.1) is 16.2 Å². The number of imidazole rings is 1. The number of anilines is 1. The molecule has 0 radical (unpaired) electrons. The molecule has 1 aliphatic carbocycles. The van der Waals surface area contributed by atoms with Crippen molar-refractivity contribution in [1.82, 2.24) is 14.4 Å². The maximum absolute atomic E-state index is 8.76. The van der Waals surface area contributed by atoms with Gasteiger partial charge in [0, 0.05) is 53.1 Å². The Bertz CT molecular complexity index is 1330. The standard InChI is InChI=1S/C23H19Cl2N5S/c24-17-3-1-2-15(19(17)25)21-28-11-18-22(27-6-9-30(18)21)29-7-4-23(5-8-29)10-14-12-31-13-16(14)20(23)26/h1-3,6,9,11-13,26H,4-5,7-8,10H2. The Labute approximate surface area is 193 Å². The van der Waals surface area contributed by atoms with Crippen LogP contribution in [-0.4, -0.2) is 33.2 Å². The van der Waals surface area contributed by atoms with E-state index >= 15 is 0 Å². The molecule has 4 aromatic rings. The maximum atomic E-state index is 8.76. The van der Waals surface area contributed by atoms with E-state index in [0.717, 1.165) is 66.3 Å². The zero-order valence-corrected chi connectivity index (χ0v) is 18.9. The Morgan fingerprint density at radius 1 is 1.06 bits per heavy atom. The van der Waals surface area contributed by atoms with Gasteiger partial charge in [0.25, 0.3) is 0 Å². The molecule has 1 N–H and O–H groups in total. The Morgan fingerprint density at radius 3 is 2.71 bits per heavy atom. The SMILES string of the molecule is N=C1c2cscc2CC12CCN(c1nccn3c(-c4cccc(Cl)c4Cl)ncc13)CC2. The molecule has 0 atom stereocenters. The molecule has 1 saturated heterocycles. The molecule has 4 heterocycles. The van der Waals surface area contributed by atoms with Crippen molar-refractivity contribution in [3.8, 4) is 11.4 Å². The van der Waals surface area contributed by atoms with Crippen LogP contribution in [0.1, 0.15) is 24.0 Å². The smallest absolute Gasteiger partial charge is 0.154 e. The van der Waals surface area contributed by atoms with Crippen LogP contribution < -0.4 is 4.90 Å². The lowest BCUT2D eigenvalue weighted by Gasteiger charge is -2.40. The summed E-state index contributed by atoms with van der Waals surface area (Å²) in [6, 6.07) is 5.59. The van der Waals surface area contributed by atoms with Crippen LogP contribution in [0.5, 0.6) is 0 Å². The third-order valence-electron chi connectivity index (χ3n) is 6.72. The summed E-state index contributed by atoms with van der Waals surface area (Å²) in [7, 11) is 0. The number of hydrogen-bond acceptors (Lipinski definition) is 5. The third-order valence-corrected chi connectivity index (χ3v) is 8.33. The number of hydrogen-bond donors (Lipinski definition) is 1. The number of rotatable bonds is 2. The van der Waals surface area contributed by atoms with Crippen molar-refractivity contribution in [3.63, 3.8) is 0 Å². The van der Waals surface area contributed by atoms with E-state index in [-0.39, 0.29) is 5.41 Å². The molecule has 3 aromatic heterocycles. The molecule has 1 aliphatic heterocycles. The number of aromatic nitrogens is 3. The van der Waals surface area contributed by atoms with Crippen LogP contribution in [0.2, 0.25) is 10.0 Å². The Balaban J connectivity index is 1.32. The topological polar surface area (TPSA) is 57.3 Å². The zero-order chi connectivity index (χ0) is 21.2. The first-order chi connectivity index (χ1) is 15.1. The molecule has 5 nitrogen and oxygen atoms in total. The highest BCUT2D eigenvalue weighted by molar-refractivity contribution is 7.08. The number of nitrogens with zero attached hydrogens (tertiary/aromatic N) is 4. The number of fused-ring (bicyclic) bond motifs is 2. The quantitative estimate of drug-likeness (QED) is 0.394. The van der Waals surface area contributed by atoms with Crippen LogP contribution in [0.4, 0.5) is 5.82 Å². The molecule has 0 unspecified atom stereocenters. The van der Waals surface area contributed by atoms with Crippen molar-refractivity contribution in [2.75, 3.05) is 18.0 Å². The van der Waals surface area contributed by atoms with E-state index in [1.165, 1.54) is 5.56 Å². The van der Waals surface area contributed by atoms with Crippen LogP contribution in [0.3, 0.4) is 0 Å². The molecule has 156 valence electrons. The fourth-order valence-electron chi connectivity index (χ4n) is 5.03. The van der Waals surface area contributed by atoms with Gasteiger partial charge in [-0.1, -0.05) is 29.3 Å². The van der Waals surface area contributed by atoms with Crippen LogP contribution >= 0.6 is 34.5 Å². The Hall–Kier alpha value is -2.41. The molecule has 8 heteroatoms. The lowest BCUT2D eigenvalue weighted by Crippen LogP contribution is -2.43. The second-order valence-electron chi connectivity index (χ2n) is 8.32. The molecule has 1 spiro atoms. The molecule has 31 heavy (non-hydrogen) atoms. The van der Waals surface area contributed by atoms with E-state index in [1.807, 2.05) is 35.1 Å². The van der Waals surface area contributed by atoms with Gasteiger partial charge >= 0.3 is 0 Å².